The van der Waals surface area contributed by atoms with Gasteiger partial charge in [-0.2, -0.15) is 18.2 Å². The number of pyridine rings is 1. The summed E-state index contributed by atoms with van der Waals surface area (Å²) in [7, 11) is -1.93. The molecule has 0 aliphatic carbocycles. The van der Waals surface area contributed by atoms with Crippen molar-refractivity contribution in [3.63, 3.8) is 0 Å². The van der Waals surface area contributed by atoms with E-state index < -0.39 is 8.07 Å². The molecule has 0 radical (unpaired) electrons. The van der Waals surface area contributed by atoms with Crippen LogP contribution in [0, 0.1) is 18.5 Å². The summed E-state index contributed by atoms with van der Waals surface area (Å²) < 4.78 is 15.7. The molecule has 63 heavy (non-hydrogen) atoms. The molecule has 0 spiro atoms. The minimum absolute atomic E-state index is 0. The van der Waals surface area contributed by atoms with Gasteiger partial charge in [0.1, 0.15) is 5.82 Å². The average molecular weight is 1020 g/mol. The molecule has 0 bridgehead atoms. The Hall–Kier alpha value is -6.53. The maximum absolute atomic E-state index is 6.66. The van der Waals surface area contributed by atoms with Gasteiger partial charge in [-0.3, -0.25) is 4.57 Å². The van der Waals surface area contributed by atoms with E-state index in [1.807, 2.05) is 24.4 Å². The Labute approximate surface area is 382 Å². The van der Waals surface area contributed by atoms with Crippen molar-refractivity contribution in [1.29, 1.82) is 0 Å². The monoisotopic (exact) mass is 1010 g/mol. The molecule has 0 atom stereocenters. The summed E-state index contributed by atoms with van der Waals surface area (Å²) in [5, 5.41) is 6.03. The van der Waals surface area contributed by atoms with Crippen LogP contribution in [-0.2, 0) is 26.5 Å². The molecule has 0 aliphatic rings. The fourth-order valence-corrected chi connectivity index (χ4v) is 10.6. The number of aromatic nitrogens is 5. The molecule has 6 nitrogen and oxygen atoms in total. The van der Waals surface area contributed by atoms with E-state index in [1.165, 1.54) is 32.6 Å². The normalized spacial score (nSPS) is 12.2. The summed E-state index contributed by atoms with van der Waals surface area (Å²) in [6.45, 7) is 14.0. The van der Waals surface area contributed by atoms with Crippen molar-refractivity contribution in [2.24, 2.45) is 0 Å². The molecule has 4 aromatic heterocycles. The molecular formula is C55H45N5OPtSi-2. The third-order valence-corrected chi connectivity index (χ3v) is 14.1. The van der Waals surface area contributed by atoms with Crippen LogP contribution in [0.2, 0.25) is 19.6 Å². The van der Waals surface area contributed by atoms with E-state index in [1.54, 1.807) is 0 Å². The second kappa shape index (κ2) is 15.4. The fourth-order valence-electron chi connectivity index (χ4n) is 9.04. The topological polar surface area (TPSA) is 40.8 Å². The first-order chi connectivity index (χ1) is 30.0. The van der Waals surface area contributed by atoms with Gasteiger partial charge in [0.05, 0.1) is 35.8 Å². The fraction of sp³-hybridized carbons (Fsp3) is 0.127. The van der Waals surface area contributed by atoms with Crippen molar-refractivity contribution in [3.8, 4) is 34.4 Å². The second-order valence-electron chi connectivity index (χ2n) is 18.1. The molecule has 0 saturated carbocycles. The summed E-state index contributed by atoms with van der Waals surface area (Å²) in [5.41, 5.74) is 10.7. The zero-order valence-corrected chi connectivity index (χ0v) is 39.3. The molecule has 4 heterocycles. The minimum Gasteiger partial charge on any atom is -0.510 e. The van der Waals surface area contributed by atoms with Gasteiger partial charge in [0.15, 0.2) is 0 Å². The summed E-state index contributed by atoms with van der Waals surface area (Å²) in [6.07, 6.45) is 5.76. The average Bonchev–Trinajstić information content (AvgIpc) is 3.94. The number of rotatable bonds is 7. The maximum atomic E-state index is 6.66. The molecule has 11 rings (SSSR count). The van der Waals surface area contributed by atoms with Crippen molar-refractivity contribution in [2.45, 2.75) is 45.8 Å². The van der Waals surface area contributed by atoms with E-state index in [0.29, 0.717) is 11.5 Å². The third kappa shape index (κ3) is 6.82. The van der Waals surface area contributed by atoms with Crippen LogP contribution < -0.4 is 14.5 Å². The number of nitrogens with zero attached hydrogens (tertiary/aromatic N) is 5. The molecule has 0 fully saturated rings. The van der Waals surface area contributed by atoms with Gasteiger partial charge in [0, 0.05) is 60.7 Å². The summed E-state index contributed by atoms with van der Waals surface area (Å²) in [4.78, 5) is 4.86. The summed E-state index contributed by atoms with van der Waals surface area (Å²) in [6, 6.07) is 62.9. The molecule has 0 amide bonds. The van der Waals surface area contributed by atoms with Crippen LogP contribution in [-0.4, -0.2) is 26.8 Å². The molecular weight excluding hydrogens is 970 g/mol. The maximum Gasteiger partial charge on any atom is 0.268 e. The van der Waals surface area contributed by atoms with Crippen molar-refractivity contribution in [2.75, 3.05) is 0 Å². The molecule has 0 N–H and O–H groups in total. The summed E-state index contributed by atoms with van der Waals surface area (Å²) in [5.74, 6) is 2.03. The molecule has 7 aromatic carbocycles. The van der Waals surface area contributed by atoms with E-state index in [0.717, 1.165) is 55.7 Å². The SMILES string of the molecule is CC(C)(C)c1ccnc(-n2c3[c-]c(Oc4[c-]c(-n5[c-][n+](-c6c([Si](C)(C)C)ccc7c8ccccc8n(-c8ccccc8)c67)c6ccccc65)ccc4)ccc3c3ccccc32)c1.[Pt]. The van der Waals surface area contributed by atoms with E-state index >= 15 is 0 Å². The zero-order valence-electron chi connectivity index (χ0n) is 36.0. The van der Waals surface area contributed by atoms with Crippen molar-refractivity contribution >= 4 is 67.9 Å². The zero-order chi connectivity index (χ0) is 42.3. The van der Waals surface area contributed by atoms with Gasteiger partial charge in [0.2, 0.25) is 0 Å². The predicted octanol–water partition coefficient (Wildman–Crippen LogP) is 12.5. The van der Waals surface area contributed by atoms with Crippen LogP contribution in [0.15, 0.2) is 164 Å². The first-order valence-corrected chi connectivity index (χ1v) is 24.7. The molecule has 0 saturated heterocycles. The molecule has 0 aliphatic heterocycles. The Morgan fingerprint density at radius 3 is 2.00 bits per heavy atom. The predicted molar refractivity (Wildman–Crippen MR) is 256 cm³/mol. The minimum atomic E-state index is -1.93. The van der Waals surface area contributed by atoms with Gasteiger partial charge in [-0.15, -0.1) is 29.7 Å². The van der Waals surface area contributed by atoms with E-state index in [9.17, 15) is 0 Å². The van der Waals surface area contributed by atoms with Crippen LogP contribution in [0.5, 0.6) is 11.5 Å². The second-order valence-corrected chi connectivity index (χ2v) is 23.2. The van der Waals surface area contributed by atoms with Crippen LogP contribution in [0.1, 0.15) is 26.3 Å². The van der Waals surface area contributed by atoms with E-state index in [2.05, 4.69) is 217 Å². The first kappa shape index (κ1) is 40.5. The van der Waals surface area contributed by atoms with Crippen LogP contribution >= 0.6 is 0 Å². The van der Waals surface area contributed by atoms with Crippen LogP contribution in [0.3, 0.4) is 0 Å². The van der Waals surface area contributed by atoms with Crippen molar-refractivity contribution in [1.82, 2.24) is 18.7 Å². The Morgan fingerprint density at radius 2 is 1.25 bits per heavy atom. The molecule has 312 valence electrons. The number of para-hydroxylation sites is 5. The number of fused-ring (bicyclic) bond motifs is 7. The number of ether oxygens (including phenoxy) is 1. The van der Waals surface area contributed by atoms with Gasteiger partial charge in [-0.1, -0.05) is 137 Å². The first-order valence-electron chi connectivity index (χ1n) is 21.2. The molecule has 11 aromatic rings. The van der Waals surface area contributed by atoms with Crippen molar-refractivity contribution < 1.29 is 30.4 Å². The molecule has 0 unspecified atom stereocenters. The van der Waals surface area contributed by atoms with Gasteiger partial charge in [0.25, 0.3) is 6.33 Å². The van der Waals surface area contributed by atoms with Gasteiger partial charge < -0.3 is 18.4 Å². The van der Waals surface area contributed by atoms with Gasteiger partial charge in [-0.25, -0.2) is 4.98 Å². The van der Waals surface area contributed by atoms with Crippen LogP contribution in [0.25, 0.3) is 77.5 Å². The van der Waals surface area contributed by atoms with Crippen molar-refractivity contribution in [3.05, 3.63) is 188 Å². The quantitative estimate of drug-likeness (QED) is 0.0907. The Bertz CT molecular complexity index is 3530. The third-order valence-electron chi connectivity index (χ3n) is 12.0. The number of hydrogen-bond donors (Lipinski definition) is 0. The van der Waals surface area contributed by atoms with Gasteiger partial charge >= 0.3 is 0 Å². The van der Waals surface area contributed by atoms with E-state index in [-0.39, 0.29) is 26.5 Å². The Morgan fingerprint density at radius 1 is 0.603 bits per heavy atom. The molecule has 8 heteroatoms. The number of hydrogen-bond acceptors (Lipinski definition) is 2. The summed E-state index contributed by atoms with van der Waals surface area (Å²) >= 11 is 0. The standard InChI is InChI=1S/C55H45N5OSi.Pt/c1-55(2,3)37-31-32-56-52(33-37)60-47-24-13-10-21-42(47)44-28-27-41(35-50(44)60)61-40-20-16-19-39(34-40)57-36-58(49-26-15-14-25-48(49)57)54-51(62(4,5)6)30-29-45-43-22-11-12-23-46(43)59(53(45)54)38-17-8-7-9-18-38;/h7-33H,1-6H3;/q-2;. The number of imidazole rings is 1. The van der Waals surface area contributed by atoms with Crippen LogP contribution in [0.4, 0.5) is 0 Å². The Balaban J connectivity index is 0.00000471. The smallest absolute Gasteiger partial charge is 0.268 e. The largest absolute Gasteiger partial charge is 0.510 e. The Kier molecular flexibility index (Phi) is 9.89. The number of benzene rings is 7. The van der Waals surface area contributed by atoms with Gasteiger partial charge in [-0.05, 0) is 63.6 Å². The van der Waals surface area contributed by atoms with E-state index in [4.69, 9.17) is 9.72 Å².